The van der Waals surface area contributed by atoms with Crippen molar-refractivity contribution >= 4 is 0 Å². The maximum Gasteiger partial charge on any atom is 0.0613 e. The van der Waals surface area contributed by atoms with E-state index in [0.717, 1.165) is 12.3 Å². The van der Waals surface area contributed by atoms with Gasteiger partial charge < -0.3 is 15.3 Å². The average Bonchev–Trinajstić information content (AvgIpc) is 3.08. The summed E-state index contributed by atoms with van der Waals surface area (Å²) in [7, 11) is 0. The molecule has 18 heavy (non-hydrogen) atoms. The fourth-order valence-corrected chi connectivity index (χ4v) is 3.92. The summed E-state index contributed by atoms with van der Waals surface area (Å²) in [6.45, 7) is 5.24. The molecule has 1 saturated heterocycles. The number of likely N-dealkylation sites (tertiary alicyclic amines) is 1. The molecule has 3 atom stereocenters. The van der Waals surface area contributed by atoms with E-state index in [9.17, 15) is 5.11 Å². The number of aliphatic hydroxyl groups is 1. The van der Waals surface area contributed by atoms with Gasteiger partial charge in [0.2, 0.25) is 0 Å². The van der Waals surface area contributed by atoms with Crippen LogP contribution in [0.3, 0.4) is 0 Å². The van der Waals surface area contributed by atoms with Gasteiger partial charge in [0.05, 0.1) is 6.61 Å². The summed E-state index contributed by atoms with van der Waals surface area (Å²) >= 11 is 0. The molecule has 3 nitrogen and oxygen atoms in total. The molecule has 1 aliphatic heterocycles. The van der Waals surface area contributed by atoms with Gasteiger partial charge in [-0.3, -0.25) is 0 Å². The average molecular weight is 252 g/mol. The van der Waals surface area contributed by atoms with Crippen LogP contribution in [0.5, 0.6) is 0 Å². The lowest BCUT2D eigenvalue weighted by molar-refractivity contribution is 0.0663. The van der Waals surface area contributed by atoms with E-state index >= 15 is 0 Å². The first-order chi connectivity index (χ1) is 8.71. The topological polar surface area (TPSA) is 35.5 Å². The Kier molecular flexibility index (Phi) is 3.65. The lowest BCUT2D eigenvalue weighted by atomic mass is 9.78. The molecule has 0 radical (unpaired) electrons. The zero-order chi connectivity index (χ0) is 12.6. The van der Waals surface area contributed by atoms with E-state index in [2.05, 4.69) is 17.1 Å². The van der Waals surface area contributed by atoms with Crippen molar-refractivity contribution in [2.75, 3.05) is 19.7 Å². The fraction of sp³-hybridized carbons (Fsp3) is 1.00. The summed E-state index contributed by atoms with van der Waals surface area (Å²) in [6.07, 6.45) is 8.92. The molecule has 3 aliphatic rings. The standard InChI is InChI=1S/C15H28N2O/c1-12-6-8-17(10-12)14-3-2-7-15(9-14,11-18)16-13-4-5-13/h12-14,16,18H,2-11H2,1H3. The third-order valence-corrected chi connectivity index (χ3v) is 5.18. The Morgan fingerprint density at radius 3 is 2.72 bits per heavy atom. The van der Waals surface area contributed by atoms with Crippen molar-refractivity contribution in [1.82, 2.24) is 10.2 Å². The van der Waals surface area contributed by atoms with E-state index in [-0.39, 0.29) is 5.54 Å². The number of nitrogens with zero attached hydrogens (tertiary/aromatic N) is 1. The smallest absolute Gasteiger partial charge is 0.0613 e. The molecule has 1 heterocycles. The fourth-order valence-electron chi connectivity index (χ4n) is 3.92. The van der Waals surface area contributed by atoms with Crippen molar-refractivity contribution in [3.8, 4) is 0 Å². The summed E-state index contributed by atoms with van der Waals surface area (Å²) in [4.78, 5) is 2.68. The second-order valence-corrected chi connectivity index (χ2v) is 7.00. The molecule has 2 saturated carbocycles. The molecule has 0 spiro atoms. The SMILES string of the molecule is CC1CCN(C2CCCC(CO)(NC3CC3)C2)C1. The molecule has 0 aromatic heterocycles. The highest BCUT2D eigenvalue weighted by atomic mass is 16.3. The van der Waals surface area contributed by atoms with E-state index in [1.807, 2.05) is 0 Å². The van der Waals surface area contributed by atoms with Crippen LogP contribution in [-0.4, -0.2) is 47.3 Å². The Labute approximate surface area is 111 Å². The first kappa shape index (κ1) is 12.9. The minimum absolute atomic E-state index is 0.0376. The van der Waals surface area contributed by atoms with Crippen LogP contribution < -0.4 is 5.32 Å². The van der Waals surface area contributed by atoms with Crippen molar-refractivity contribution in [1.29, 1.82) is 0 Å². The third-order valence-electron chi connectivity index (χ3n) is 5.18. The van der Waals surface area contributed by atoms with E-state index < -0.39 is 0 Å². The number of hydrogen-bond acceptors (Lipinski definition) is 3. The molecule has 0 amide bonds. The Morgan fingerprint density at radius 2 is 2.11 bits per heavy atom. The molecule has 0 bridgehead atoms. The van der Waals surface area contributed by atoms with Gasteiger partial charge in [-0.2, -0.15) is 0 Å². The van der Waals surface area contributed by atoms with Gasteiger partial charge in [-0.05, 0) is 57.4 Å². The lowest BCUT2D eigenvalue weighted by Gasteiger charge is -2.44. The highest BCUT2D eigenvalue weighted by Gasteiger charge is 2.41. The van der Waals surface area contributed by atoms with Crippen LogP contribution >= 0.6 is 0 Å². The second kappa shape index (κ2) is 5.10. The summed E-state index contributed by atoms with van der Waals surface area (Å²) < 4.78 is 0. The van der Waals surface area contributed by atoms with Gasteiger partial charge in [0.1, 0.15) is 0 Å². The van der Waals surface area contributed by atoms with E-state index in [4.69, 9.17) is 0 Å². The number of rotatable bonds is 4. The predicted molar refractivity (Wildman–Crippen MR) is 73.6 cm³/mol. The minimum atomic E-state index is 0.0376. The number of hydrogen-bond donors (Lipinski definition) is 2. The summed E-state index contributed by atoms with van der Waals surface area (Å²) in [6, 6.07) is 1.41. The van der Waals surface area contributed by atoms with Crippen molar-refractivity contribution in [2.24, 2.45) is 5.92 Å². The molecule has 3 fully saturated rings. The summed E-state index contributed by atoms with van der Waals surface area (Å²) in [5, 5.41) is 13.6. The lowest BCUT2D eigenvalue weighted by Crippen LogP contribution is -2.56. The number of nitrogens with one attached hydrogen (secondary N) is 1. The Balaban J connectivity index is 1.62. The van der Waals surface area contributed by atoms with Gasteiger partial charge in [0.25, 0.3) is 0 Å². The van der Waals surface area contributed by atoms with Crippen LogP contribution in [0.1, 0.15) is 51.9 Å². The largest absolute Gasteiger partial charge is 0.394 e. The zero-order valence-electron chi connectivity index (χ0n) is 11.7. The molecule has 2 aliphatic carbocycles. The third kappa shape index (κ3) is 2.73. The quantitative estimate of drug-likeness (QED) is 0.800. The maximum atomic E-state index is 9.85. The van der Waals surface area contributed by atoms with E-state index in [0.29, 0.717) is 18.7 Å². The zero-order valence-corrected chi connectivity index (χ0v) is 11.7. The molecular formula is C15H28N2O. The van der Waals surface area contributed by atoms with Crippen LogP contribution in [0.25, 0.3) is 0 Å². The van der Waals surface area contributed by atoms with Gasteiger partial charge >= 0.3 is 0 Å². The molecule has 3 heteroatoms. The Hall–Kier alpha value is -0.120. The molecule has 0 aromatic rings. The van der Waals surface area contributed by atoms with Crippen LogP contribution in [-0.2, 0) is 0 Å². The van der Waals surface area contributed by atoms with E-state index in [1.165, 1.54) is 51.6 Å². The van der Waals surface area contributed by atoms with Gasteiger partial charge in [0, 0.05) is 24.2 Å². The molecule has 3 unspecified atom stereocenters. The van der Waals surface area contributed by atoms with Gasteiger partial charge in [0.15, 0.2) is 0 Å². The maximum absolute atomic E-state index is 9.85. The summed E-state index contributed by atoms with van der Waals surface area (Å²) in [5.41, 5.74) is 0.0376. The minimum Gasteiger partial charge on any atom is -0.394 e. The van der Waals surface area contributed by atoms with Crippen molar-refractivity contribution < 1.29 is 5.11 Å². The van der Waals surface area contributed by atoms with Crippen LogP contribution in [0.4, 0.5) is 0 Å². The first-order valence-electron chi connectivity index (χ1n) is 7.83. The molecular weight excluding hydrogens is 224 g/mol. The van der Waals surface area contributed by atoms with Gasteiger partial charge in [-0.1, -0.05) is 6.92 Å². The second-order valence-electron chi connectivity index (χ2n) is 7.00. The molecule has 2 N–H and O–H groups in total. The van der Waals surface area contributed by atoms with Crippen molar-refractivity contribution in [2.45, 2.75) is 69.5 Å². The monoisotopic (exact) mass is 252 g/mol. The molecule has 3 rings (SSSR count). The van der Waals surface area contributed by atoms with Gasteiger partial charge in [-0.15, -0.1) is 0 Å². The van der Waals surface area contributed by atoms with Gasteiger partial charge in [-0.25, -0.2) is 0 Å². The predicted octanol–water partition coefficient (Wildman–Crippen LogP) is 1.75. The molecule has 104 valence electrons. The van der Waals surface area contributed by atoms with Crippen LogP contribution in [0, 0.1) is 5.92 Å². The summed E-state index contributed by atoms with van der Waals surface area (Å²) in [5.74, 6) is 0.867. The van der Waals surface area contributed by atoms with Crippen molar-refractivity contribution in [3.63, 3.8) is 0 Å². The highest BCUT2D eigenvalue weighted by molar-refractivity contribution is 5.01. The number of aliphatic hydroxyl groups excluding tert-OH is 1. The Morgan fingerprint density at radius 1 is 1.28 bits per heavy atom. The first-order valence-corrected chi connectivity index (χ1v) is 7.83. The van der Waals surface area contributed by atoms with Crippen molar-refractivity contribution in [3.05, 3.63) is 0 Å². The highest BCUT2D eigenvalue weighted by Crippen LogP contribution is 2.36. The van der Waals surface area contributed by atoms with Crippen LogP contribution in [0.2, 0.25) is 0 Å². The van der Waals surface area contributed by atoms with Crippen LogP contribution in [0.15, 0.2) is 0 Å². The molecule has 0 aromatic carbocycles. The van der Waals surface area contributed by atoms with E-state index in [1.54, 1.807) is 0 Å². The Bertz CT molecular complexity index is 292. The normalized spacial score (nSPS) is 42.3.